The molecule has 1 fully saturated rings. The van der Waals surface area contributed by atoms with Gasteiger partial charge in [0.1, 0.15) is 12.2 Å². The summed E-state index contributed by atoms with van der Waals surface area (Å²) in [6, 6.07) is 1.25. The van der Waals surface area contributed by atoms with Crippen molar-refractivity contribution in [2.75, 3.05) is 6.61 Å². The number of aliphatic hydroxyl groups excluding tert-OH is 3. The van der Waals surface area contributed by atoms with E-state index in [4.69, 9.17) is 9.84 Å². The lowest BCUT2D eigenvalue weighted by Gasteiger charge is -2.32. The number of aromatic amines is 1. The van der Waals surface area contributed by atoms with Crippen molar-refractivity contribution >= 4 is 0 Å². The lowest BCUT2D eigenvalue weighted by atomic mass is 9.91. The van der Waals surface area contributed by atoms with Crippen LogP contribution < -0.4 is 11.2 Å². The Balaban J connectivity index is 2.22. The average Bonchev–Trinajstić information content (AvgIpc) is 2.60. The van der Waals surface area contributed by atoms with Crippen molar-refractivity contribution in [1.82, 2.24) is 9.55 Å². The molecular formula is C11H14N2O6. The van der Waals surface area contributed by atoms with E-state index in [0.717, 1.165) is 4.57 Å². The van der Waals surface area contributed by atoms with Gasteiger partial charge in [0, 0.05) is 24.3 Å². The van der Waals surface area contributed by atoms with Gasteiger partial charge in [0.25, 0.3) is 5.56 Å². The maximum atomic E-state index is 11.8. The Morgan fingerprint density at radius 2 is 2.05 bits per heavy atom. The van der Waals surface area contributed by atoms with Crippen LogP contribution in [0.2, 0.25) is 0 Å². The second-order valence-electron chi connectivity index (χ2n) is 4.82. The Hall–Kier alpha value is -1.48. The van der Waals surface area contributed by atoms with Gasteiger partial charge in [-0.15, -0.1) is 0 Å². The molecule has 0 spiro atoms. The van der Waals surface area contributed by atoms with E-state index in [1.165, 1.54) is 6.07 Å². The molecule has 8 heteroatoms. The van der Waals surface area contributed by atoms with Crippen LogP contribution in [0.4, 0.5) is 0 Å². The van der Waals surface area contributed by atoms with Gasteiger partial charge in [0.2, 0.25) is 0 Å². The maximum absolute atomic E-state index is 11.8. The van der Waals surface area contributed by atoms with E-state index in [-0.39, 0.29) is 13.0 Å². The van der Waals surface area contributed by atoms with E-state index in [2.05, 4.69) is 4.98 Å². The van der Waals surface area contributed by atoms with Crippen LogP contribution in [-0.4, -0.2) is 49.8 Å². The average molecular weight is 270 g/mol. The molecule has 0 saturated carbocycles. The normalized spacial score (nSPS) is 36.3. The van der Waals surface area contributed by atoms with Gasteiger partial charge in [-0.2, -0.15) is 0 Å². The molecule has 0 aromatic carbocycles. The van der Waals surface area contributed by atoms with Crippen LogP contribution in [0.15, 0.2) is 15.7 Å². The number of nitrogens with zero attached hydrogens (tertiary/aromatic N) is 1. The fourth-order valence-electron chi connectivity index (χ4n) is 2.92. The molecule has 3 heterocycles. The third-order valence-corrected chi connectivity index (χ3v) is 3.75. The van der Waals surface area contributed by atoms with Crippen molar-refractivity contribution in [1.29, 1.82) is 0 Å². The highest BCUT2D eigenvalue weighted by Crippen LogP contribution is 2.43. The summed E-state index contributed by atoms with van der Waals surface area (Å²) >= 11 is 0. The van der Waals surface area contributed by atoms with Gasteiger partial charge >= 0.3 is 5.69 Å². The zero-order chi connectivity index (χ0) is 13.7. The molecule has 0 amide bonds. The minimum absolute atomic E-state index is 0.182. The first kappa shape index (κ1) is 12.5. The minimum atomic E-state index is -1.24. The van der Waals surface area contributed by atoms with Gasteiger partial charge in [0.05, 0.1) is 6.10 Å². The smallest absolute Gasteiger partial charge is 0.330 e. The molecule has 2 aliphatic rings. The monoisotopic (exact) mass is 270 g/mol. The number of hydrogen-bond donors (Lipinski definition) is 4. The first-order valence-corrected chi connectivity index (χ1v) is 6.03. The molecule has 1 aromatic rings. The standard InChI is InChI=1S/C11H14N2O6/c14-2-1-4-5-3-6(15)12-11(18)13(5)10-8(17)7(16)9(4)19-10/h3-4,7-10,14,16-17H,1-2H2,(H,12,15,18)/t4-,7+,8+,9-,10-/m1/s1. The first-order chi connectivity index (χ1) is 9.04. The van der Waals surface area contributed by atoms with Gasteiger partial charge < -0.3 is 20.1 Å². The van der Waals surface area contributed by atoms with Crippen LogP contribution >= 0.6 is 0 Å². The number of nitrogens with one attached hydrogen (secondary N) is 1. The summed E-state index contributed by atoms with van der Waals surface area (Å²) in [7, 11) is 0. The fourth-order valence-corrected chi connectivity index (χ4v) is 2.92. The highest BCUT2D eigenvalue weighted by molar-refractivity contribution is 5.18. The molecule has 1 aromatic heterocycles. The number of hydrogen-bond acceptors (Lipinski definition) is 6. The van der Waals surface area contributed by atoms with E-state index >= 15 is 0 Å². The number of ether oxygens (including phenoxy) is 1. The number of fused-ring (bicyclic) bond motifs is 4. The summed E-state index contributed by atoms with van der Waals surface area (Å²) in [5.41, 5.74) is -0.869. The lowest BCUT2D eigenvalue weighted by Crippen LogP contribution is -2.42. The molecule has 19 heavy (non-hydrogen) atoms. The topological polar surface area (TPSA) is 125 Å². The number of aliphatic hydroxyl groups is 3. The third-order valence-electron chi connectivity index (χ3n) is 3.75. The van der Waals surface area contributed by atoms with E-state index in [9.17, 15) is 19.8 Å². The molecule has 8 nitrogen and oxygen atoms in total. The second kappa shape index (κ2) is 4.27. The minimum Gasteiger partial charge on any atom is -0.396 e. The van der Waals surface area contributed by atoms with Crippen LogP contribution in [-0.2, 0) is 4.74 Å². The van der Waals surface area contributed by atoms with Crippen molar-refractivity contribution in [2.24, 2.45) is 0 Å². The van der Waals surface area contributed by atoms with E-state index < -0.39 is 41.7 Å². The summed E-state index contributed by atoms with van der Waals surface area (Å²) in [6.07, 6.45) is -3.90. The van der Waals surface area contributed by atoms with Crippen LogP contribution in [0.1, 0.15) is 24.3 Å². The molecule has 3 rings (SSSR count). The second-order valence-corrected chi connectivity index (χ2v) is 4.82. The highest BCUT2D eigenvalue weighted by atomic mass is 16.6. The molecule has 1 saturated heterocycles. The summed E-state index contributed by atoms with van der Waals surface area (Å²) in [5, 5.41) is 28.9. The maximum Gasteiger partial charge on any atom is 0.330 e. The Morgan fingerprint density at radius 1 is 1.32 bits per heavy atom. The predicted octanol–water partition coefficient (Wildman–Crippen LogP) is -2.36. The quantitative estimate of drug-likeness (QED) is 0.476. The van der Waals surface area contributed by atoms with E-state index in [0.29, 0.717) is 5.69 Å². The van der Waals surface area contributed by atoms with Crippen LogP contribution in [0.3, 0.4) is 0 Å². The van der Waals surface area contributed by atoms with Crippen LogP contribution in [0, 0.1) is 0 Å². The third kappa shape index (κ3) is 1.68. The molecule has 0 unspecified atom stereocenters. The molecule has 5 atom stereocenters. The van der Waals surface area contributed by atoms with Crippen molar-refractivity contribution in [3.05, 3.63) is 32.6 Å². The van der Waals surface area contributed by atoms with Gasteiger partial charge in [-0.05, 0) is 6.42 Å². The van der Waals surface area contributed by atoms with Gasteiger partial charge in [0.15, 0.2) is 6.23 Å². The molecule has 4 N–H and O–H groups in total. The largest absolute Gasteiger partial charge is 0.396 e. The molecule has 0 radical (unpaired) electrons. The van der Waals surface area contributed by atoms with Gasteiger partial charge in [-0.25, -0.2) is 4.79 Å². The van der Waals surface area contributed by atoms with E-state index in [1.807, 2.05) is 0 Å². The molecular weight excluding hydrogens is 256 g/mol. The summed E-state index contributed by atoms with van der Waals surface area (Å²) < 4.78 is 6.60. The summed E-state index contributed by atoms with van der Waals surface area (Å²) in [5.74, 6) is -0.511. The number of H-pyrrole nitrogens is 1. The zero-order valence-corrected chi connectivity index (χ0v) is 9.89. The number of rotatable bonds is 2. The van der Waals surface area contributed by atoms with Crippen LogP contribution in [0.25, 0.3) is 0 Å². The van der Waals surface area contributed by atoms with Crippen molar-refractivity contribution < 1.29 is 20.1 Å². The van der Waals surface area contributed by atoms with Crippen molar-refractivity contribution in [3.63, 3.8) is 0 Å². The first-order valence-electron chi connectivity index (χ1n) is 6.03. The van der Waals surface area contributed by atoms with Gasteiger partial charge in [-0.1, -0.05) is 0 Å². The highest BCUT2D eigenvalue weighted by Gasteiger charge is 2.52. The Bertz CT molecular complexity index is 608. The molecule has 2 aliphatic heterocycles. The molecule has 2 bridgehead atoms. The molecule has 104 valence electrons. The van der Waals surface area contributed by atoms with Crippen molar-refractivity contribution in [3.8, 4) is 0 Å². The SMILES string of the molecule is O=c1cc2n(c(=O)[nH]1)[C@@H]1O[C@@H]([C@@H](O)[C@@H]1O)[C@@H]2CCO. The summed E-state index contributed by atoms with van der Waals surface area (Å²) in [4.78, 5) is 25.4. The zero-order valence-electron chi connectivity index (χ0n) is 9.89. The summed E-state index contributed by atoms with van der Waals surface area (Å²) in [6.45, 7) is -0.182. The van der Waals surface area contributed by atoms with Gasteiger partial charge in [-0.3, -0.25) is 14.3 Å². The fraction of sp³-hybridized carbons (Fsp3) is 0.636. The Labute approximate surface area is 106 Å². The van der Waals surface area contributed by atoms with E-state index in [1.54, 1.807) is 0 Å². The Morgan fingerprint density at radius 3 is 2.74 bits per heavy atom. The van der Waals surface area contributed by atoms with Crippen LogP contribution in [0.5, 0.6) is 0 Å². The number of aromatic nitrogens is 2. The van der Waals surface area contributed by atoms with Crippen molar-refractivity contribution in [2.45, 2.75) is 36.9 Å². The Kier molecular flexibility index (Phi) is 2.82. The molecule has 0 aliphatic carbocycles. The lowest BCUT2D eigenvalue weighted by molar-refractivity contribution is -0.0729. The predicted molar refractivity (Wildman–Crippen MR) is 61.7 cm³/mol.